The molecule has 0 saturated carbocycles. The van der Waals surface area contributed by atoms with Gasteiger partial charge < -0.3 is 20.3 Å². The number of hydrogen-bond donors (Lipinski definition) is 3. The van der Waals surface area contributed by atoms with Crippen LogP contribution in [-0.4, -0.2) is 41.2 Å². The molecule has 200 valence electrons. The fourth-order valence-corrected chi connectivity index (χ4v) is 4.49. The molecule has 0 aliphatic rings. The molecule has 1 atom stereocenters. The molecule has 0 fully saturated rings. The topological polar surface area (TPSA) is 136 Å². The van der Waals surface area contributed by atoms with Gasteiger partial charge in [0.15, 0.2) is 11.5 Å². The minimum Gasteiger partial charge on any atom is -0.394 e. The van der Waals surface area contributed by atoms with Gasteiger partial charge in [0.1, 0.15) is 11.6 Å². The fourth-order valence-electron chi connectivity index (χ4n) is 4.49. The van der Waals surface area contributed by atoms with Gasteiger partial charge in [0.05, 0.1) is 35.8 Å². The summed E-state index contributed by atoms with van der Waals surface area (Å²) in [5.41, 5.74) is 2.60. The number of nitrogens with zero attached hydrogens (tertiary/aromatic N) is 6. The molecule has 0 aliphatic heterocycles. The van der Waals surface area contributed by atoms with Crippen LogP contribution in [0.25, 0.3) is 22.5 Å². The van der Waals surface area contributed by atoms with E-state index in [9.17, 15) is 9.90 Å². The highest BCUT2D eigenvalue weighted by Gasteiger charge is 2.19. The normalized spacial score (nSPS) is 12.1. The number of allylic oxidation sites excluding steroid dienone is 1. The maximum absolute atomic E-state index is 13.0. The molecule has 11 heteroatoms. The van der Waals surface area contributed by atoms with Gasteiger partial charge in [-0.3, -0.25) is 9.48 Å². The third-order valence-electron chi connectivity index (χ3n) is 6.24. The third-order valence-corrected chi connectivity index (χ3v) is 6.24. The Morgan fingerprint density at radius 2 is 1.92 bits per heavy atom. The van der Waals surface area contributed by atoms with E-state index in [0.29, 0.717) is 52.2 Å². The average Bonchev–Trinajstić information content (AvgIpc) is 3.48. The number of anilines is 3. The monoisotopic (exact) mass is 526 g/mol. The van der Waals surface area contributed by atoms with E-state index in [1.54, 1.807) is 42.1 Å². The quantitative estimate of drug-likeness (QED) is 0.223. The van der Waals surface area contributed by atoms with E-state index < -0.39 is 0 Å². The Hall–Kier alpha value is -4.77. The van der Waals surface area contributed by atoms with E-state index in [0.717, 1.165) is 5.56 Å². The van der Waals surface area contributed by atoms with E-state index in [2.05, 4.69) is 32.3 Å². The number of aliphatic hydroxyl groups is 1. The van der Waals surface area contributed by atoms with Crippen LogP contribution in [0.15, 0.2) is 76.7 Å². The first-order chi connectivity index (χ1) is 18.9. The Morgan fingerprint density at radius 3 is 2.59 bits per heavy atom. The standard InChI is InChI=1S/C28H30N8O3/c1-5-13-35-28(38)20-11-12-24(33-26(20)36(35)17(2)3)32-25-14-22(21(15-29-25)27-30-18(4)34-39-27)31-23(16-37)19-9-7-6-8-10-19/h5-12,14-15,17,23,37H,1,13,16H2,2-4H3,(H2,29,31,32,33)/t23-/m1/s1. The Labute approximate surface area is 224 Å². The lowest BCUT2D eigenvalue weighted by Gasteiger charge is -2.20. The zero-order valence-corrected chi connectivity index (χ0v) is 22.0. The summed E-state index contributed by atoms with van der Waals surface area (Å²) in [5, 5.41) is 21.2. The number of aliphatic hydroxyl groups excluding tert-OH is 1. The van der Waals surface area contributed by atoms with Crippen molar-refractivity contribution in [2.75, 3.05) is 17.2 Å². The molecule has 0 radical (unpaired) electrons. The molecule has 39 heavy (non-hydrogen) atoms. The highest BCUT2D eigenvalue weighted by molar-refractivity contribution is 5.79. The van der Waals surface area contributed by atoms with Crippen LogP contribution in [0.1, 0.15) is 37.3 Å². The van der Waals surface area contributed by atoms with Crippen molar-refractivity contribution < 1.29 is 9.63 Å². The van der Waals surface area contributed by atoms with Crippen molar-refractivity contribution in [2.45, 2.75) is 39.4 Å². The zero-order valence-electron chi connectivity index (χ0n) is 22.0. The first-order valence-corrected chi connectivity index (χ1v) is 12.6. The van der Waals surface area contributed by atoms with Gasteiger partial charge in [0.25, 0.3) is 11.4 Å². The number of aromatic nitrogens is 6. The Balaban J connectivity index is 1.54. The fraction of sp³-hybridized carbons (Fsp3) is 0.250. The minimum atomic E-state index is -0.385. The lowest BCUT2D eigenvalue weighted by Crippen LogP contribution is -2.23. The molecular weight excluding hydrogens is 496 g/mol. The minimum absolute atomic E-state index is 0.0115. The largest absolute Gasteiger partial charge is 0.394 e. The Bertz CT molecular complexity index is 1670. The molecule has 4 aromatic heterocycles. The van der Waals surface area contributed by atoms with E-state index >= 15 is 0 Å². The van der Waals surface area contributed by atoms with Crippen molar-refractivity contribution in [3.8, 4) is 11.5 Å². The third kappa shape index (κ3) is 5.16. The summed E-state index contributed by atoms with van der Waals surface area (Å²) in [6.07, 6.45) is 3.32. The lowest BCUT2D eigenvalue weighted by atomic mass is 10.1. The molecule has 0 spiro atoms. The highest BCUT2D eigenvalue weighted by Crippen LogP contribution is 2.32. The summed E-state index contributed by atoms with van der Waals surface area (Å²) in [7, 11) is 0. The molecule has 5 aromatic rings. The van der Waals surface area contributed by atoms with Crippen LogP contribution in [0.4, 0.5) is 17.3 Å². The molecule has 0 bridgehead atoms. The first-order valence-electron chi connectivity index (χ1n) is 12.6. The summed E-state index contributed by atoms with van der Waals surface area (Å²) >= 11 is 0. The van der Waals surface area contributed by atoms with Gasteiger partial charge in [-0.15, -0.1) is 6.58 Å². The number of pyridine rings is 2. The smallest absolute Gasteiger partial charge is 0.276 e. The van der Waals surface area contributed by atoms with Gasteiger partial charge in [0, 0.05) is 18.3 Å². The van der Waals surface area contributed by atoms with Crippen molar-refractivity contribution in [1.82, 2.24) is 29.5 Å². The summed E-state index contributed by atoms with van der Waals surface area (Å²) in [4.78, 5) is 26.6. The van der Waals surface area contributed by atoms with Crippen LogP contribution in [0, 0.1) is 6.92 Å². The van der Waals surface area contributed by atoms with Crippen LogP contribution in [-0.2, 0) is 6.54 Å². The van der Waals surface area contributed by atoms with Gasteiger partial charge in [-0.1, -0.05) is 41.6 Å². The summed E-state index contributed by atoms with van der Waals surface area (Å²) in [6, 6.07) is 14.6. The Morgan fingerprint density at radius 1 is 1.13 bits per heavy atom. The number of hydrogen-bond acceptors (Lipinski definition) is 9. The van der Waals surface area contributed by atoms with Crippen molar-refractivity contribution in [3.63, 3.8) is 0 Å². The van der Waals surface area contributed by atoms with Gasteiger partial charge in [-0.25, -0.2) is 14.6 Å². The summed E-state index contributed by atoms with van der Waals surface area (Å²) in [5.74, 6) is 1.83. The van der Waals surface area contributed by atoms with Crippen LogP contribution < -0.4 is 16.2 Å². The molecule has 1 aromatic carbocycles. The summed E-state index contributed by atoms with van der Waals surface area (Å²) in [6.45, 7) is 9.77. The second-order valence-corrected chi connectivity index (χ2v) is 9.36. The predicted octanol–water partition coefficient (Wildman–Crippen LogP) is 4.61. The molecule has 4 heterocycles. The molecule has 11 nitrogen and oxygen atoms in total. The van der Waals surface area contributed by atoms with Crippen molar-refractivity contribution in [3.05, 3.63) is 89.1 Å². The number of rotatable bonds is 10. The second-order valence-electron chi connectivity index (χ2n) is 9.36. The molecule has 0 saturated heterocycles. The molecule has 0 amide bonds. The maximum atomic E-state index is 13.0. The van der Waals surface area contributed by atoms with Crippen molar-refractivity contribution >= 4 is 28.4 Å². The molecule has 5 rings (SSSR count). The molecule has 3 N–H and O–H groups in total. The Kier molecular flexibility index (Phi) is 7.24. The SMILES string of the molecule is C=CCn1c(=O)c2ccc(Nc3cc(N[C@H](CO)c4ccccc4)c(-c4nc(C)no4)cn3)nc2n1C(C)C. The number of benzene rings is 1. The zero-order chi connectivity index (χ0) is 27.5. The van der Waals surface area contributed by atoms with Crippen LogP contribution in [0.2, 0.25) is 0 Å². The van der Waals surface area contributed by atoms with E-state index in [4.69, 9.17) is 9.51 Å². The second kappa shape index (κ2) is 10.9. The van der Waals surface area contributed by atoms with E-state index in [1.807, 2.05) is 48.9 Å². The number of aryl methyl sites for hydroxylation is 1. The highest BCUT2D eigenvalue weighted by atomic mass is 16.5. The predicted molar refractivity (Wildman–Crippen MR) is 150 cm³/mol. The average molecular weight is 527 g/mol. The maximum Gasteiger partial charge on any atom is 0.276 e. The lowest BCUT2D eigenvalue weighted by molar-refractivity contribution is 0.276. The van der Waals surface area contributed by atoms with Gasteiger partial charge >= 0.3 is 0 Å². The van der Waals surface area contributed by atoms with Gasteiger partial charge in [0.2, 0.25) is 0 Å². The molecular formula is C28H30N8O3. The van der Waals surface area contributed by atoms with Gasteiger partial charge in [-0.2, -0.15) is 4.98 Å². The van der Waals surface area contributed by atoms with Crippen molar-refractivity contribution in [1.29, 1.82) is 0 Å². The summed E-state index contributed by atoms with van der Waals surface area (Å²) < 4.78 is 8.92. The van der Waals surface area contributed by atoms with Gasteiger partial charge in [-0.05, 0) is 38.5 Å². The first kappa shape index (κ1) is 25.9. The molecule has 0 aliphatic carbocycles. The van der Waals surface area contributed by atoms with Crippen LogP contribution in [0.3, 0.4) is 0 Å². The number of nitrogens with one attached hydrogen (secondary N) is 2. The van der Waals surface area contributed by atoms with Crippen LogP contribution >= 0.6 is 0 Å². The molecule has 0 unspecified atom stereocenters. The van der Waals surface area contributed by atoms with E-state index in [-0.39, 0.29) is 24.2 Å². The number of fused-ring (bicyclic) bond motifs is 1. The van der Waals surface area contributed by atoms with Crippen LogP contribution in [0.5, 0.6) is 0 Å². The van der Waals surface area contributed by atoms with Crippen molar-refractivity contribution in [2.24, 2.45) is 0 Å². The van der Waals surface area contributed by atoms with E-state index in [1.165, 1.54) is 0 Å².